The van der Waals surface area contributed by atoms with Crippen LogP contribution in [0.15, 0.2) is 110 Å². The second-order valence-electron chi connectivity index (χ2n) is 11.4. The van der Waals surface area contributed by atoms with Crippen LogP contribution in [0.1, 0.15) is 93.7 Å². The Morgan fingerprint density at radius 3 is 1.45 bits per heavy atom. The van der Waals surface area contributed by atoms with E-state index >= 15 is 0 Å². The van der Waals surface area contributed by atoms with Crippen molar-refractivity contribution < 1.29 is 17.6 Å². The van der Waals surface area contributed by atoms with Gasteiger partial charge in [-0.15, -0.1) is 26.8 Å². The highest BCUT2D eigenvalue weighted by Crippen LogP contribution is 2.27. The molecule has 0 saturated carbocycles. The van der Waals surface area contributed by atoms with Crippen LogP contribution in [-0.4, -0.2) is 20.4 Å². The van der Waals surface area contributed by atoms with Crippen LogP contribution in [0.5, 0.6) is 0 Å². The molecule has 6 rings (SSSR count). The molecule has 0 amide bonds. The molecule has 0 radical (unpaired) electrons. The lowest BCUT2D eigenvalue weighted by atomic mass is 10.0. The minimum atomic E-state index is -0.287. The maximum Gasteiger partial charge on any atom is 0.247 e. The Bertz CT molecular complexity index is 2070. The van der Waals surface area contributed by atoms with Crippen molar-refractivity contribution in [3.63, 3.8) is 0 Å². The Morgan fingerprint density at radius 1 is 0.588 bits per heavy atom. The van der Waals surface area contributed by atoms with E-state index in [2.05, 4.69) is 81.8 Å². The summed E-state index contributed by atoms with van der Waals surface area (Å²) in [6.45, 7) is 8.50. The van der Waals surface area contributed by atoms with Gasteiger partial charge in [-0.1, -0.05) is 73.5 Å². The van der Waals surface area contributed by atoms with Gasteiger partial charge in [0.25, 0.3) is 0 Å². The lowest BCUT2D eigenvalue weighted by Crippen LogP contribution is -1.95. The highest BCUT2D eigenvalue weighted by molar-refractivity contribution is 9.10. The van der Waals surface area contributed by atoms with Gasteiger partial charge in [0.05, 0.1) is 0 Å². The summed E-state index contributed by atoms with van der Waals surface area (Å²) in [6, 6.07) is 27.7. The monoisotopic (exact) mass is 748 g/mol. The normalized spacial score (nSPS) is 10.4. The van der Waals surface area contributed by atoms with E-state index in [0.29, 0.717) is 40.6 Å². The summed E-state index contributed by atoms with van der Waals surface area (Å²) in [5.41, 5.74) is 3.89. The molecular formula is C42H39BrF2N4O2. The Labute approximate surface area is 306 Å². The molecule has 260 valence electrons. The summed E-state index contributed by atoms with van der Waals surface area (Å²) >= 11 is 3.40. The fraction of sp³-hybridized carbons (Fsp3) is 0.238. The van der Waals surface area contributed by atoms with E-state index in [0.717, 1.165) is 52.7 Å². The van der Waals surface area contributed by atoms with E-state index < -0.39 is 0 Å². The molecule has 0 fully saturated rings. The lowest BCUT2D eigenvalue weighted by molar-refractivity contribution is 0.439. The van der Waals surface area contributed by atoms with Crippen molar-refractivity contribution in [2.75, 3.05) is 0 Å². The number of aromatic nitrogens is 4. The topological polar surface area (TPSA) is 77.8 Å². The van der Waals surface area contributed by atoms with Gasteiger partial charge in [-0.2, -0.15) is 0 Å². The van der Waals surface area contributed by atoms with Crippen molar-refractivity contribution in [3.05, 3.63) is 142 Å². The first-order chi connectivity index (χ1) is 24.8. The maximum atomic E-state index is 13.2. The molecule has 0 atom stereocenters. The Hall–Kier alpha value is -5.38. The van der Waals surface area contributed by atoms with Crippen molar-refractivity contribution in [1.29, 1.82) is 0 Å². The first-order valence-corrected chi connectivity index (χ1v) is 17.6. The van der Waals surface area contributed by atoms with Crippen LogP contribution in [0.3, 0.4) is 0 Å². The highest BCUT2D eigenvalue weighted by Gasteiger charge is 2.17. The summed E-state index contributed by atoms with van der Waals surface area (Å²) in [4.78, 5) is 0. The molecule has 0 bridgehead atoms. The second kappa shape index (κ2) is 19.7. The van der Waals surface area contributed by atoms with Crippen molar-refractivity contribution in [2.24, 2.45) is 0 Å². The van der Waals surface area contributed by atoms with Gasteiger partial charge in [-0.25, -0.2) is 8.78 Å². The fourth-order valence-electron chi connectivity index (χ4n) is 4.89. The van der Waals surface area contributed by atoms with Crippen LogP contribution in [-0.2, 0) is 0 Å². The third-order valence-electron chi connectivity index (χ3n) is 7.94. The molecule has 0 aliphatic carbocycles. The van der Waals surface area contributed by atoms with E-state index in [9.17, 15) is 8.78 Å². The van der Waals surface area contributed by atoms with Crippen LogP contribution in [0.25, 0.3) is 22.9 Å². The van der Waals surface area contributed by atoms with Gasteiger partial charge < -0.3 is 8.83 Å². The Morgan fingerprint density at radius 2 is 1.02 bits per heavy atom. The zero-order chi connectivity index (χ0) is 36.6. The lowest BCUT2D eigenvalue weighted by Gasteiger charge is -2.04. The van der Waals surface area contributed by atoms with Gasteiger partial charge in [-0.3, -0.25) is 0 Å². The number of rotatable bonds is 8. The van der Waals surface area contributed by atoms with Gasteiger partial charge >= 0.3 is 0 Å². The predicted octanol–water partition coefficient (Wildman–Crippen LogP) is 11.4. The first kappa shape index (κ1) is 38.4. The molecule has 51 heavy (non-hydrogen) atoms. The fourth-order valence-corrected chi connectivity index (χ4v) is 5.15. The van der Waals surface area contributed by atoms with Gasteiger partial charge in [0.1, 0.15) is 11.6 Å². The molecule has 6 aromatic rings. The molecule has 0 aliphatic rings. The third kappa shape index (κ3) is 11.6. The van der Waals surface area contributed by atoms with Crippen molar-refractivity contribution in [2.45, 2.75) is 65.2 Å². The van der Waals surface area contributed by atoms with E-state index in [1.54, 1.807) is 24.3 Å². The standard InChI is InChI=1S/C21H19FN2O.C13H15BrN2O.C8H5F/c1-3-17(4-2)20-23-24-21(25-20)18-12-10-15(11-13-18)8-9-16-6-5-7-19(22)14-16;1-3-9(4-2)12-15-16-13(17-12)10-5-7-11(14)8-6-10;1-2-7-4-3-5-8(9)6-7/h5-7,10-14,17H,3-4H2,1-2H3;5-9H,3-4H2,1-2H3;1,3-6H. The number of nitrogens with zero attached hydrogens (tertiary/aromatic N) is 4. The van der Waals surface area contributed by atoms with E-state index in [1.807, 2.05) is 48.5 Å². The van der Waals surface area contributed by atoms with E-state index in [1.165, 1.54) is 24.3 Å². The molecule has 2 aromatic heterocycles. The SMILES string of the molecule is C#Cc1cccc(F)c1.CCC(CC)c1nnc(-c2ccc(Br)cc2)o1.CCC(CC)c1nnc(-c2ccc(C#Cc3cccc(F)c3)cc2)o1. The number of hydrogen-bond acceptors (Lipinski definition) is 6. The van der Waals surface area contributed by atoms with Crippen molar-refractivity contribution in [1.82, 2.24) is 20.4 Å². The van der Waals surface area contributed by atoms with Crippen LogP contribution in [0.4, 0.5) is 8.78 Å². The minimum absolute atomic E-state index is 0.285. The minimum Gasteiger partial charge on any atom is -0.420 e. The quantitative estimate of drug-likeness (QED) is 0.144. The largest absolute Gasteiger partial charge is 0.420 e. The number of terminal acetylenes is 1. The third-order valence-corrected chi connectivity index (χ3v) is 8.47. The second-order valence-corrected chi connectivity index (χ2v) is 12.3. The van der Waals surface area contributed by atoms with Gasteiger partial charge in [0.15, 0.2) is 0 Å². The van der Waals surface area contributed by atoms with Gasteiger partial charge in [0.2, 0.25) is 23.6 Å². The first-order valence-electron chi connectivity index (χ1n) is 16.8. The molecule has 0 aliphatic heterocycles. The molecular weight excluding hydrogens is 710 g/mol. The summed E-state index contributed by atoms with van der Waals surface area (Å²) in [7, 11) is 0. The Kier molecular flexibility index (Phi) is 14.9. The van der Waals surface area contributed by atoms with E-state index in [-0.39, 0.29) is 11.6 Å². The summed E-state index contributed by atoms with van der Waals surface area (Å²) in [5.74, 6) is 11.0. The summed E-state index contributed by atoms with van der Waals surface area (Å²) in [5, 5.41) is 16.5. The van der Waals surface area contributed by atoms with Crippen LogP contribution in [0.2, 0.25) is 0 Å². The molecule has 4 aromatic carbocycles. The van der Waals surface area contributed by atoms with Gasteiger partial charge in [-0.05, 0) is 111 Å². The smallest absolute Gasteiger partial charge is 0.247 e. The average molecular weight is 750 g/mol. The molecule has 0 N–H and O–H groups in total. The Balaban J connectivity index is 0.000000192. The molecule has 0 unspecified atom stereocenters. The van der Waals surface area contributed by atoms with Gasteiger partial charge in [0, 0.05) is 44.1 Å². The number of halogens is 3. The van der Waals surface area contributed by atoms with E-state index in [4.69, 9.17) is 15.3 Å². The summed E-state index contributed by atoms with van der Waals surface area (Å²) < 4.78 is 38.0. The van der Waals surface area contributed by atoms with Crippen molar-refractivity contribution >= 4 is 15.9 Å². The zero-order valence-corrected chi connectivity index (χ0v) is 30.6. The van der Waals surface area contributed by atoms with Crippen LogP contribution < -0.4 is 0 Å². The molecule has 9 heteroatoms. The number of benzene rings is 4. The maximum absolute atomic E-state index is 13.2. The highest BCUT2D eigenvalue weighted by atomic mass is 79.9. The average Bonchev–Trinajstić information content (AvgIpc) is 3.85. The summed E-state index contributed by atoms with van der Waals surface area (Å²) in [6.07, 6.45) is 9.01. The molecule has 0 spiro atoms. The zero-order valence-electron chi connectivity index (χ0n) is 29.0. The van der Waals surface area contributed by atoms with Crippen LogP contribution >= 0.6 is 15.9 Å². The van der Waals surface area contributed by atoms with Crippen LogP contribution in [0, 0.1) is 35.8 Å². The number of hydrogen-bond donors (Lipinski definition) is 0. The molecule has 2 heterocycles. The predicted molar refractivity (Wildman–Crippen MR) is 201 cm³/mol. The molecule has 0 saturated heterocycles. The van der Waals surface area contributed by atoms with Crippen molar-refractivity contribution in [3.8, 4) is 47.1 Å². The molecule has 6 nitrogen and oxygen atoms in total.